The highest BCUT2D eigenvalue weighted by atomic mass is 19.4. The number of nitrogens with zero attached hydrogens (tertiary/aromatic N) is 1. The van der Waals surface area contributed by atoms with Crippen molar-refractivity contribution < 1.29 is 22.7 Å². The first-order valence-corrected chi connectivity index (χ1v) is 10.0. The van der Waals surface area contributed by atoms with E-state index in [9.17, 15) is 18.0 Å². The van der Waals surface area contributed by atoms with Gasteiger partial charge in [-0.05, 0) is 34.4 Å². The van der Waals surface area contributed by atoms with Gasteiger partial charge in [-0.25, -0.2) is 4.79 Å². The van der Waals surface area contributed by atoms with Gasteiger partial charge >= 0.3 is 12.3 Å². The molecule has 1 amide bonds. The van der Waals surface area contributed by atoms with Crippen LogP contribution in [0.3, 0.4) is 0 Å². The molecular weight excluding hydrogens is 417 g/mol. The van der Waals surface area contributed by atoms with Gasteiger partial charge in [-0.15, -0.1) is 0 Å². The lowest BCUT2D eigenvalue weighted by molar-refractivity contribution is -0.141. The second-order valence-electron chi connectivity index (χ2n) is 7.23. The summed E-state index contributed by atoms with van der Waals surface area (Å²) in [5.41, 5.74) is 4.00. The number of hydrogen-bond donors (Lipinski definition) is 1. The number of ether oxygens (including phenoxy) is 1. The normalized spacial score (nSPS) is 12.3. The van der Waals surface area contributed by atoms with Crippen molar-refractivity contribution >= 4 is 6.09 Å². The third-order valence-electron chi connectivity index (χ3n) is 5.15. The number of aromatic nitrogens is 1. The summed E-state index contributed by atoms with van der Waals surface area (Å²) in [6, 6.07) is 18.3. The number of carbonyl (C=O) groups excluding carboxylic acids is 1. The summed E-state index contributed by atoms with van der Waals surface area (Å²) in [6.45, 7) is 0.487. The lowest BCUT2D eigenvalue weighted by Gasteiger charge is -2.14. The molecule has 0 atom stereocenters. The number of nitrogens with one attached hydrogen (secondary N) is 1. The zero-order valence-corrected chi connectivity index (χ0v) is 16.9. The quantitative estimate of drug-likeness (QED) is 0.441. The van der Waals surface area contributed by atoms with Crippen LogP contribution in [0.4, 0.5) is 18.0 Å². The Morgan fingerprint density at radius 3 is 2.25 bits per heavy atom. The van der Waals surface area contributed by atoms with Crippen LogP contribution in [0.5, 0.6) is 0 Å². The van der Waals surface area contributed by atoms with E-state index >= 15 is 0 Å². The summed E-state index contributed by atoms with van der Waals surface area (Å²) in [5.74, 6) is 5.51. The lowest BCUT2D eigenvalue weighted by atomic mass is 9.98. The Labute approximate surface area is 183 Å². The summed E-state index contributed by atoms with van der Waals surface area (Å²) in [7, 11) is 0. The van der Waals surface area contributed by atoms with Crippen molar-refractivity contribution in [3.8, 4) is 23.0 Å². The first kappa shape index (κ1) is 21.4. The smallest absolute Gasteiger partial charge is 0.433 e. The SMILES string of the molecule is O=C(NCCC#Cc1ccc(C(F)(F)F)nc1)OCC1c2ccccc2-c2ccccc21. The second kappa shape index (κ2) is 9.15. The minimum absolute atomic E-state index is 0.0138. The van der Waals surface area contributed by atoms with Crippen molar-refractivity contribution in [3.05, 3.63) is 89.2 Å². The van der Waals surface area contributed by atoms with Crippen molar-refractivity contribution in [3.63, 3.8) is 0 Å². The Hall–Kier alpha value is -3.79. The molecule has 162 valence electrons. The molecule has 7 heteroatoms. The standard InChI is InChI=1S/C25H19F3N2O2/c26-25(27,28)23-13-12-17(15-30-23)7-5-6-14-29-24(31)32-16-22-20-10-3-1-8-18(20)19-9-2-4-11-21(19)22/h1-4,8-13,15,22H,6,14,16H2,(H,29,31). The van der Waals surface area contributed by atoms with Gasteiger partial charge in [0.05, 0.1) is 0 Å². The Morgan fingerprint density at radius 2 is 1.66 bits per heavy atom. The number of halogens is 3. The molecule has 0 unspecified atom stereocenters. The van der Waals surface area contributed by atoms with Crippen LogP contribution in [0.2, 0.25) is 0 Å². The van der Waals surface area contributed by atoms with Gasteiger partial charge in [0, 0.05) is 30.6 Å². The monoisotopic (exact) mass is 436 g/mol. The average Bonchev–Trinajstić information content (AvgIpc) is 3.11. The second-order valence-corrected chi connectivity index (χ2v) is 7.23. The number of benzene rings is 2. The third-order valence-corrected chi connectivity index (χ3v) is 5.15. The van der Waals surface area contributed by atoms with Gasteiger partial charge in [0.15, 0.2) is 0 Å². The van der Waals surface area contributed by atoms with E-state index in [0.29, 0.717) is 12.0 Å². The molecule has 32 heavy (non-hydrogen) atoms. The van der Waals surface area contributed by atoms with Gasteiger partial charge < -0.3 is 10.1 Å². The van der Waals surface area contributed by atoms with Crippen molar-refractivity contribution in [2.75, 3.05) is 13.2 Å². The molecule has 0 bridgehead atoms. The van der Waals surface area contributed by atoms with Crippen molar-refractivity contribution in [1.29, 1.82) is 0 Å². The topological polar surface area (TPSA) is 51.2 Å². The largest absolute Gasteiger partial charge is 0.449 e. The Morgan fingerprint density at radius 1 is 1.00 bits per heavy atom. The molecule has 0 saturated heterocycles. The number of alkyl halides is 3. The molecular formula is C25H19F3N2O2. The highest BCUT2D eigenvalue weighted by Gasteiger charge is 2.32. The number of carbonyl (C=O) groups is 1. The van der Waals surface area contributed by atoms with E-state index in [1.54, 1.807) is 0 Å². The van der Waals surface area contributed by atoms with Crippen LogP contribution in [0.15, 0.2) is 66.9 Å². The van der Waals surface area contributed by atoms with Gasteiger partial charge in [-0.1, -0.05) is 60.4 Å². The van der Waals surface area contributed by atoms with E-state index in [1.807, 2.05) is 36.4 Å². The molecule has 4 rings (SSSR count). The molecule has 2 aromatic carbocycles. The fourth-order valence-corrected chi connectivity index (χ4v) is 3.68. The van der Waals surface area contributed by atoms with E-state index in [4.69, 9.17) is 4.74 Å². The van der Waals surface area contributed by atoms with E-state index in [1.165, 1.54) is 6.07 Å². The van der Waals surface area contributed by atoms with Gasteiger partial charge in [-0.3, -0.25) is 4.98 Å². The summed E-state index contributed by atoms with van der Waals surface area (Å²) < 4.78 is 42.9. The molecule has 0 aliphatic heterocycles. The summed E-state index contributed by atoms with van der Waals surface area (Å²) in [6.07, 6.45) is -3.61. The highest BCUT2D eigenvalue weighted by molar-refractivity contribution is 5.79. The predicted octanol–water partition coefficient (Wildman–Crippen LogP) is 5.38. The number of fused-ring (bicyclic) bond motifs is 3. The van der Waals surface area contributed by atoms with Crippen LogP contribution in [-0.4, -0.2) is 24.2 Å². The van der Waals surface area contributed by atoms with Gasteiger partial charge in [0.2, 0.25) is 0 Å². The minimum atomic E-state index is -4.47. The number of amides is 1. The molecule has 0 saturated carbocycles. The fraction of sp³-hybridized carbons (Fsp3) is 0.200. The fourth-order valence-electron chi connectivity index (χ4n) is 3.68. The van der Waals surface area contributed by atoms with E-state index in [-0.39, 0.29) is 19.1 Å². The molecule has 3 aromatic rings. The molecule has 0 spiro atoms. The first-order valence-electron chi connectivity index (χ1n) is 10.0. The Kier molecular flexibility index (Phi) is 6.13. The van der Waals surface area contributed by atoms with Crippen LogP contribution in [0.25, 0.3) is 11.1 Å². The molecule has 1 aromatic heterocycles. The summed E-state index contributed by atoms with van der Waals surface area (Å²) in [4.78, 5) is 15.4. The maximum atomic E-state index is 12.5. The van der Waals surface area contributed by atoms with Gasteiger partial charge in [-0.2, -0.15) is 13.2 Å². The van der Waals surface area contributed by atoms with Crippen LogP contribution in [0.1, 0.15) is 34.7 Å². The van der Waals surface area contributed by atoms with Crippen LogP contribution in [0, 0.1) is 11.8 Å². The maximum Gasteiger partial charge on any atom is 0.433 e. The summed E-state index contributed by atoms with van der Waals surface area (Å²) in [5, 5.41) is 2.64. The van der Waals surface area contributed by atoms with Gasteiger partial charge in [0.1, 0.15) is 12.3 Å². The molecule has 1 aliphatic carbocycles. The van der Waals surface area contributed by atoms with Gasteiger partial charge in [0.25, 0.3) is 0 Å². The van der Waals surface area contributed by atoms with Crippen LogP contribution < -0.4 is 5.32 Å². The zero-order chi connectivity index (χ0) is 22.6. The molecule has 1 aliphatic rings. The molecule has 4 nitrogen and oxygen atoms in total. The predicted molar refractivity (Wildman–Crippen MR) is 114 cm³/mol. The number of rotatable bonds is 4. The Bertz CT molecular complexity index is 1130. The first-order chi connectivity index (χ1) is 15.4. The van der Waals surface area contributed by atoms with Crippen molar-refractivity contribution in [2.45, 2.75) is 18.5 Å². The minimum Gasteiger partial charge on any atom is -0.449 e. The number of pyridine rings is 1. The molecule has 1 N–H and O–H groups in total. The lowest BCUT2D eigenvalue weighted by Crippen LogP contribution is -2.26. The van der Waals surface area contributed by atoms with E-state index < -0.39 is 18.0 Å². The molecule has 0 radical (unpaired) electrons. The summed E-state index contributed by atoms with van der Waals surface area (Å²) >= 11 is 0. The molecule has 1 heterocycles. The van der Waals surface area contributed by atoms with E-state index in [2.05, 4.69) is 34.3 Å². The number of alkyl carbamates (subject to hydrolysis) is 1. The third kappa shape index (κ3) is 4.75. The maximum absolute atomic E-state index is 12.5. The zero-order valence-electron chi connectivity index (χ0n) is 16.9. The Balaban J connectivity index is 1.26. The molecule has 0 fully saturated rings. The van der Waals surface area contributed by atoms with Crippen molar-refractivity contribution in [2.24, 2.45) is 0 Å². The van der Waals surface area contributed by atoms with Crippen LogP contribution in [-0.2, 0) is 10.9 Å². The average molecular weight is 436 g/mol. The van der Waals surface area contributed by atoms with E-state index in [0.717, 1.165) is 34.5 Å². The highest BCUT2D eigenvalue weighted by Crippen LogP contribution is 2.44. The van der Waals surface area contributed by atoms with Crippen molar-refractivity contribution in [1.82, 2.24) is 10.3 Å². The van der Waals surface area contributed by atoms with Crippen LogP contribution >= 0.6 is 0 Å². The number of hydrogen-bond acceptors (Lipinski definition) is 3.